The highest BCUT2D eigenvalue weighted by atomic mass is 16.5. The second kappa shape index (κ2) is 5.14. The molecule has 1 fully saturated rings. The molecule has 0 saturated carbocycles. The summed E-state index contributed by atoms with van der Waals surface area (Å²) in [7, 11) is 3.22. The van der Waals surface area contributed by atoms with E-state index in [1.807, 2.05) is 6.92 Å². The van der Waals surface area contributed by atoms with E-state index in [0.717, 1.165) is 6.42 Å². The van der Waals surface area contributed by atoms with Crippen LogP contribution in [0.25, 0.3) is 0 Å². The lowest BCUT2D eigenvalue weighted by atomic mass is 10.2. The second-order valence-corrected chi connectivity index (χ2v) is 3.35. The summed E-state index contributed by atoms with van der Waals surface area (Å²) in [4.78, 5) is 11.0. The van der Waals surface area contributed by atoms with E-state index >= 15 is 0 Å². The largest absolute Gasteiger partial charge is 0.366 e. The van der Waals surface area contributed by atoms with Crippen molar-refractivity contribution in [1.82, 2.24) is 21.3 Å². The molecule has 3 atom stereocenters. The first-order chi connectivity index (χ1) is 6.65. The fourth-order valence-corrected chi connectivity index (χ4v) is 1.43. The molecule has 1 aliphatic heterocycles. The van der Waals surface area contributed by atoms with Gasteiger partial charge in [0.2, 0.25) is 0 Å². The van der Waals surface area contributed by atoms with Gasteiger partial charge in [0.15, 0.2) is 0 Å². The van der Waals surface area contributed by atoms with E-state index in [4.69, 9.17) is 4.74 Å². The lowest BCUT2D eigenvalue weighted by Gasteiger charge is -2.35. The Morgan fingerprint density at radius 3 is 2.79 bits per heavy atom. The Morgan fingerprint density at radius 2 is 2.21 bits per heavy atom. The quantitative estimate of drug-likeness (QED) is 0.470. The number of hydrogen-bond donors (Lipinski definition) is 4. The molecule has 1 heterocycles. The maximum atomic E-state index is 11.0. The zero-order valence-electron chi connectivity index (χ0n) is 8.76. The molecule has 0 bridgehead atoms. The molecule has 0 aliphatic carbocycles. The number of nitrogens with one attached hydrogen (secondary N) is 4. The van der Waals surface area contributed by atoms with Crippen molar-refractivity contribution in [3.8, 4) is 0 Å². The lowest BCUT2D eigenvalue weighted by molar-refractivity contribution is 0.0164. The van der Waals surface area contributed by atoms with E-state index in [2.05, 4.69) is 21.3 Å². The van der Waals surface area contributed by atoms with Gasteiger partial charge in [-0.05, 0) is 6.92 Å². The highest BCUT2D eigenvalue weighted by Gasteiger charge is 2.25. The summed E-state index contributed by atoms with van der Waals surface area (Å²) in [6.45, 7) is 2.05. The molecule has 14 heavy (non-hydrogen) atoms. The average molecular weight is 202 g/mol. The van der Waals surface area contributed by atoms with Gasteiger partial charge in [-0.15, -0.1) is 0 Å². The van der Waals surface area contributed by atoms with Crippen LogP contribution in [0.5, 0.6) is 0 Å². The molecule has 0 radical (unpaired) electrons. The number of amides is 2. The van der Waals surface area contributed by atoms with E-state index in [1.54, 1.807) is 14.2 Å². The molecule has 82 valence electrons. The summed E-state index contributed by atoms with van der Waals surface area (Å²) in [5, 5.41) is 11.5. The number of methoxy groups -OCH3 is 1. The van der Waals surface area contributed by atoms with Crippen LogP contribution in [0.2, 0.25) is 0 Å². The number of carbonyl (C=O) groups is 1. The Hall–Kier alpha value is -0.850. The van der Waals surface area contributed by atoms with E-state index in [1.165, 1.54) is 0 Å². The third kappa shape index (κ3) is 3.13. The van der Waals surface area contributed by atoms with Crippen molar-refractivity contribution in [3.05, 3.63) is 0 Å². The maximum absolute atomic E-state index is 11.0. The van der Waals surface area contributed by atoms with Crippen LogP contribution in [0, 0.1) is 0 Å². The van der Waals surface area contributed by atoms with Crippen LogP contribution in [0.1, 0.15) is 13.3 Å². The Labute approximate surface area is 83.8 Å². The molecule has 6 nitrogen and oxygen atoms in total. The average Bonchev–Trinajstić information content (AvgIpc) is 2.16. The molecule has 0 aromatic carbocycles. The number of ether oxygens (including phenoxy) is 1. The number of hydrogen-bond acceptors (Lipinski definition) is 4. The van der Waals surface area contributed by atoms with Crippen LogP contribution in [0.3, 0.4) is 0 Å². The van der Waals surface area contributed by atoms with Gasteiger partial charge < -0.3 is 15.4 Å². The fraction of sp³-hybridized carbons (Fsp3) is 0.875. The van der Waals surface area contributed by atoms with Gasteiger partial charge in [-0.3, -0.25) is 10.6 Å². The molecule has 1 aliphatic rings. The number of carbonyl (C=O) groups excluding carboxylic acids is 1. The first kappa shape index (κ1) is 11.2. The highest BCUT2D eigenvalue weighted by Crippen LogP contribution is 2.04. The monoisotopic (exact) mass is 202 g/mol. The summed E-state index contributed by atoms with van der Waals surface area (Å²) < 4.78 is 5.18. The summed E-state index contributed by atoms with van der Waals surface area (Å²) in [6, 6.07) is 0.0855. The Morgan fingerprint density at radius 1 is 1.50 bits per heavy atom. The van der Waals surface area contributed by atoms with Gasteiger partial charge in [-0.1, -0.05) is 0 Å². The van der Waals surface area contributed by atoms with E-state index in [-0.39, 0.29) is 18.5 Å². The second-order valence-electron chi connectivity index (χ2n) is 3.35. The third-order valence-electron chi connectivity index (χ3n) is 2.16. The van der Waals surface area contributed by atoms with Crippen LogP contribution in [-0.4, -0.2) is 38.7 Å². The Bertz CT molecular complexity index is 200. The minimum atomic E-state index is -0.247. The minimum Gasteiger partial charge on any atom is -0.366 e. The normalized spacial score (nSPS) is 32.4. The number of rotatable bonds is 2. The first-order valence-electron chi connectivity index (χ1n) is 4.69. The van der Waals surface area contributed by atoms with Crippen LogP contribution >= 0.6 is 0 Å². The van der Waals surface area contributed by atoms with E-state index < -0.39 is 0 Å². The third-order valence-corrected chi connectivity index (χ3v) is 2.16. The van der Waals surface area contributed by atoms with Gasteiger partial charge in [-0.25, -0.2) is 4.79 Å². The molecule has 1 saturated heterocycles. The molecule has 1 rings (SSSR count). The molecule has 0 spiro atoms. The van der Waals surface area contributed by atoms with Gasteiger partial charge in [0.25, 0.3) is 0 Å². The first-order valence-corrected chi connectivity index (χ1v) is 4.69. The summed E-state index contributed by atoms with van der Waals surface area (Å²) in [5.41, 5.74) is 0. The van der Waals surface area contributed by atoms with Crippen molar-refractivity contribution in [2.45, 2.75) is 31.9 Å². The molecule has 3 unspecified atom stereocenters. The molecule has 2 amide bonds. The number of urea groups is 1. The predicted octanol–water partition coefficient (Wildman–Crippen LogP) is -0.857. The van der Waals surface area contributed by atoms with Crippen molar-refractivity contribution in [2.24, 2.45) is 0 Å². The van der Waals surface area contributed by atoms with Crippen molar-refractivity contribution in [3.63, 3.8) is 0 Å². The Kier molecular flexibility index (Phi) is 4.12. The molecule has 0 aromatic rings. The molecule has 4 N–H and O–H groups in total. The summed E-state index contributed by atoms with van der Waals surface area (Å²) in [5.74, 6) is 0. The van der Waals surface area contributed by atoms with Gasteiger partial charge in [0, 0.05) is 26.6 Å². The van der Waals surface area contributed by atoms with E-state index in [0.29, 0.717) is 6.04 Å². The lowest BCUT2D eigenvalue weighted by Crippen LogP contribution is -2.65. The fourth-order valence-electron chi connectivity index (χ4n) is 1.43. The van der Waals surface area contributed by atoms with Crippen LogP contribution in [0.4, 0.5) is 4.79 Å². The Balaban J connectivity index is 2.40. The maximum Gasteiger partial charge on any atom is 0.316 e. The molecule has 6 heteroatoms. The minimum absolute atomic E-state index is 0.0200. The van der Waals surface area contributed by atoms with Crippen molar-refractivity contribution < 1.29 is 9.53 Å². The van der Waals surface area contributed by atoms with Gasteiger partial charge >= 0.3 is 6.03 Å². The highest BCUT2D eigenvalue weighted by molar-refractivity contribution is 5.73. The molecule has 0 aromatic heterocycles. The smallest absolute Gasteiger partial charge is 0.316 e. The van der Waals surface area contributed by atoms with Crippen molar-refractivity contribution >= 4 is 6.03 Å². The topological polar surface area (TPSA) is 74.4 Å². The van der Waals surface area contributed by atoms with Crippen LogP contribution in [-0.2, 0) is 4.74 Å². The predicted molar refractivity (Wildman–Crippen MR) is 52.5 cm³/mol. The van der Waals surface area contributed by atoms with Crippen molar-refractivity contribution in [2.75, 3.05) is 14.2 Å². The van der Waals surface area contributed by atoms with E-state index in [9.17, 15) is 4.79 Å². The van der Waals surface area contributed by atoms with Crippen LogP contribution < -0.4 is 21.3 Å². The SMILES string of the molecule is CNC(=O)NC1NC(C)CC(OC)N1. The summed E-state index contributed by atoms with van der Waals surface area (Å²) in [6.07, 6.45) is 0.611. The molecular formula is C8H18N4O2. The standard InChI is InChI=1S/C8H18N4O2/c1-5-4-6(14-3)11-7(10-5)12-8(13)9-2/h5-7,10-11H,4H2,1-3H3,(H2,9,12,13). The summed E-state index contributed by atoms with van der Waals surface area (Å²) >= 11 is 0. The molecular weight excluding hydrogens is 184 g/mol. The zero-order chi connectivity index (χ0) is 10.6. The van der Waals surface area contributed by atoms with Gasteiger partial charge in [0.05, 0.1) is 0 Å². The van der Waals surface area contributed by atoms with Crippen molar-refractivity contribution in [1.29, 1.82) is 0 Å². The van der Waals surface area contributed by atoms with Gasteiger partial charge in [-0.2, -0.15) is 0 Å². The zero-order valence-corrected chi connectivity index (χ0v) is 8.76. The van der Waals surface area contributed by atoms with Gasteiger partial charge in [0.1, 0.15) is 12.5 Å². The van der Waals surface area contributed by atoms with Crippen LogP contribution in [0.15, 0.2) is 0 Å².